The number of ether oxygens (including phenoxy) is 3. The van der Waals surface area contributed by atoms with Gasteiger partial charge in [0.1, 0.15) is 17.3 Å². The first-order valence-electron chi connectivity index (χ1n) is 11.9. The molecule has 1 saturated carbocycles. The van der Waals surface area contributed by atoms with Gasteiger partial charge in [-0.25, -0.2) is 4.39 Å². The molecule has 5 nitrogen and oxygen atoms in total. The lowest BCUT2D eigenvalue weighted by Gasteiger charge is -2.30. The molecule has 180 valence electrons. The Bertz CT molecular complexity index is 886. The average Bonchev–Trinajstić information content (AvgIpc) is 2.79. The molecule has 0 bridgehead atoms. The fraction of sp³-hybridized carbons (Fsp3) is 0.519. The van der Waals surface area contributed by atoms with Crippen molar-refractivity contribution in [2.24, 2.45) is 5.92 Å². The van der Waals surface area contributed by atoms with Crippen molar-refractivity contribution in [2.45, 2.75) is 64.5 Å². The summed E-state index contributed by atoms with van der Waals surface area (Å²) in [6.07, 6.45) is 5.71. The first-order valence-corrected chi connectivity index (χ1v) is 11.9. The molecule has 3 atom stereocenters. The second kappa shape index (κ2) is 12.6. The smallest absolute Gasteiger partial charge is 0.217 e. The van der Waals surface area contributed by atoms with Gasteiger partial charge in [0.15, 0.2) is 0 Å². The van der Waals surface area contributed by atoms with E-state index in [1.54, 1.807) is 7.11 Å². The standard InChI is InChI=1S/C27H36FNO4/c1-19(29-20(2)30)22-8-11-24(12-9-22)33-26-7-4-6-21(17-26)16-23-10-13-25(18-27(23)28)32-15-5-14-31-3/h8-13,18-19,21,26H,4-7,14-17H2,1-3H3,(H,29,30). The number of hydrogen-bond donors (Lipinski definition) is 1. The third kappa shape index (κ3) is 8.04. The van der Waals surface area contributed by atoms with Crippen molar-refractivity contribution in [1.82, 2.24) is 5.32 Å². The van der Waals surface area contributed by atoms with E-state index in [0.29, 0.717) is 31.3 Å². The minimum Gasteiger partial charge on any atom is -0.493 e. The normalized spacial score (nSPS) is 19.0. The largest absolute Gasteiger partial charge is 0.493 e. The summed E-state index contributed by atoms with van der Waals surface area (Å²) < 4.78 is 31.5. The first kappa shape index (κ1) is 25.0. The lowest BCUT2D eigenvalue weighted by molar-refractivity contribution is -0.119. The monoisotopic (exact) mass is 457 g/mol. The van der Waals surface area contributed by atoms with Crippen molar-refractivity contribution >= 4 is 5.91 Å². The van der Waals surface area contributed by atoms with E-state index in [2.05, 4.69) is 5.32 Å². The molecular weight excluding hydrogens is 421 g/mol. The van der Waals surface area contributed by atoms with Crippen LogP contribution in [0.25, 0.3) is 0 Å². The average molecular weight is 458 g/mol. The summed E-state index contributed by atoms with van der Waals surface area (Å²) in [5.74, 6) is 1.54. The Morgan fingerprint density at radius 3 is 2.58 bits per heavy atom. The number of halogens is 1. The number of methoxy groups -OCH3 is 1. The third-order valence-corrected chi connectivity index (χ3v) is 6.13. The van der Waals surface area contributed by atoms with Crippen LogP contribution >= 0.6 is 0 Å². The van der Waals surface area contributed by atoms with Gasteiger partial charge in [-0.2, -0.15) is 0 Å². The fourth-order valence-corrected chi connectivity index (χ4v) is 4.44. The number of carbonyl (C=O) groups is 1. The molecule has 6 heteroatoms. The maximum atomic E-state index is 14.6. The molecule has 2 aromatic rings. The molecule has 1 amide bonds. The van der Waals surface area contributed by atoms with E-state index in [0.717, 1.165) is 49.0 Å². The van der Waals surface area contributed by atoms with Crippen LogP contribution in [-0.2, 0) is 16.0 Å². The molecule has 0 aromatic heterocycles. The van der Waals surface area contributed by atoms with Crippen LogP contribution < -0.4 is 14.8 Å². The van der Waals surface area contributed by atoms with Crippen LogP contribution in [0.5, 0.6) is 11.5 Å². The molecule has 0 saturated heterocycles. The lowest BCUT2D eigenvalue weighted by Crippen LogP contribution is -2.26. The number of nitrogens with one attached hydrogen (secondary N) is 1. The van der Waals surface area contributed by atoms with E-state index in [1.165, 1.54) is 13.0 Å². The molecule has 0 radical (unpaired) electrons. The van der Waals surface area contributed by atoms with E-state index in [-0.39, 0.29) is 23.9 Å². The van der Waals surface area contributed by atoms with E-state index in [1.807, 2.05) is 43.3 Å². The summed E-state index contributed by atoms with van der Waals surface area (Å²) in [5, 5.41) is 2.89. The molecule has 1 aliphatic rings. The van der Waals surface area contributed by atoms with Crippen molar-refractivity contribution in [3.05, 3.63) is 59.4 Å². The van der Waals surface area contributed by atoms with Crippen LogP contribution in [0.3, 0.4) is 0 Å². The van der Waals surface area contributed by atoms with Crippen LogP contribution in [0.1, 0.15) is 63.1 Å². The van der Waals surface area contributed by atoms with Gasteiger partial charge in [0.05, 0.1) is 18.8 Å². The predicted molar refractivity (Wildman–Crippen MR) is 127 cm³/mol. The van der Waals surface area contributed by atoms with E-state index < -0.39 is 0 Å². The van der Waals surface area contributed by atoms with Crippen LogP contribution in [0.2, 0.25) is 0 Å². The van der Waals surface area contributed by atoms with Crippen LogP contribution in [0, 0.1) is 11.7 Å². The molecule has 2 aromatic carbocycles. The van der Waals surface area contributed by atoms with Gasteiger partial charge < -0.3 is 19.5 Å². The van der Waals surface area contributed by atoms with Crippen molar-refractivity contribution < 1.29 is 23.4 Å². The zero-order chi connectivity index (χ0) is 23.6. The maximum absolute atomic E-state index is 14.6. The Labute approximate surface area is 196 Å². The van der Waals surface area contributed by atoms with Gasteiger partial charge >= 0.3 is 0 Å². The Balaban J connectivity index is 1.50. The number of rotatable bonds is 11. The van der Waals surface area contributed by atoms with E-state index >= 15 is 0 Å². The highest BCUT2D eigenvalue weighted by atomic mass is 19.1. The molecule has 0 spiro atoms. The van der Waals surface area contributed by atoms with Gasteiger partial charge in [0, 0.05) is 33.1 Å². The SMILES string of the molecule is COCCCOc1ccc(CC2CCCC(Oc3ccc(C(C)NC(C)=O)cc3)C2)c(F)c1. The Morgan fingerprint density at radius 1 is 1.12 bits per heavy atom. The zero-order valence-electron chi connectivity index (χ0n) is 19.9. The highest BCUT2D eigenvalue weighted by Crippen LogP contribution is 2.31. The molecule has 1 aliphatic carbocycles. The molecule has 1 N–H and O–H groups in total. The number of benzene rings is 2. The quantitative estimate of drug-likeness (QED) is 0.445. The van der Waals surface area contributed by atoms with Crippen molar-refractivity contribution in [2.75, 3.05) is 20.3 Å². The van der Waals surface area contributed by atoms with Gasteiger partial charge in [-0.1, -0.05) is 18.2 Å². The van der Waals surface area contributed by atoms with Crippen LogP contribution in [0.15, 0.2) is 42.5 Å². The summed E-state index contributed by atoms with van der Waals surface area (Å²) in [7, 11) is 1.65. The fourth-order valence-electron chi connectivity index (χ4n) is 4.44. The van der Waals surface area contributed by atoms with E-state index in [4.69, 9.17) is 14.2 Å². The predicted octanol–water partition coefficient (Wildman–Crippen LogP) is 5.62. The summed E-state index contributed by atoms with van der Waals surface area (Å²) >= 11 is 0. The summed E-state index contributed by atoms with van der Waals surface area (Å²) in [6, 6.07) is 13.1. The molecule has 33 heavy (non-hydrogen) atoms. The maximum Gasteiger partial charge on any atom is 0.217 e. The molecular formula is C27H36FNO4. The van der Waals surface area contributed by atoms with Gasteiger partial charge in [-0.3, -0.25) is 4.79 Å². The van der Waals surface area contributed by atoms with Crippen LogP contribution in [-0.4, -0.2) is 32.3 Å². The van der Waals surface area contributed by atoms with Crippen molar-refractivity contribution in [1.29, 1.82) is 0 Å². The Kier molecular flexibility index (Phi) is 9.55. The zero-order valence-corrected chi connectivity index (χ0v) is 19.9. The van der Waals surface area contributed by atoms with Crippen molar-refractivity contribution in [3.8, 4) is 11.5 Å². The molecule has 0 aliphatic heterocycles. The van der Waals surface area contributed by atoms with Gasteiger partial charge in [0.2, 0.25) is 5.91 Å². The summed E-state index contributed by atoms with van der Waals surface area (Å²) in [4.78, 5) is 11.3. The summed E-state index contributed by atoms with van der Waals surface area (Å²) in [5.41, 5.74) is 1.78. The number of hydrogen-bond acceptors (Lipinski definition) is 4. The Morgan fingerprint density at radius 2 is 1.88 bits per heavy atom. The van der Waals surface area contributed by atoms with Gasteiger partial charge in [-0.05, 0) is 74.3 Å². The highest BCUT2D eigenvalue weighted by Gasteiger charge is 2.24. The minimum absolute atomic E-state index is 0.0346. The lowest BCUT2D eigenvalue weighted by atomic mass is 9.83. The van der Waals surface area contributed by atoms with E-state index in [9.17, 15) is 9.18 Å². The minimum atomic E-state index is -0.203. The van der Waals surface area contributed by atoms with Gasteiger partial charge in [-0.15, -0.1) is 0 Å². The molecule has 3 rings (SSSR count). The molecule has 3 unspecified atom stereocenters. The number of carbonyl (C=O) groups excluding carboxylic acids is 1. The number of amides is 1. The van der Waals surface area contributed by atoms with Gasteiger partial charge in [0.25, 0.3) is 0 Å². The topological polar surface area (TPSA) is 56.8 Å². The second-order valence-electron chi connectivity index (χ2n) is 8.92. The van der Waals surface area contributed by atoms with Crippen LogP contribution in [0.4, 0.5) is 4.39 Å². The molecule has 1 fully saturated rings. The first-order chi connectivity index (χ1) is 15.9. The summed E-state index contributed by atoms with van der Waals surface area (Å²) in [6.45, 7) is 4.63. The highest BCUT2D eigenvalue weighted by molar-refractivity contribution is 5.73. The Hall–Kier alpha value is -2.60. The third-order valence-electron chi connectivity index (χ3n) is 6.13. The molecule has 0 heterocycles. The van der Waals surface area contributed by atoms with Crippen molar-refractivity contribution in [3.63, 3.8) is 0 Å². The second-order valence-corrected chi connectivity index (χ2v) is 8.92.